The zero-order valence-corrected chi connectivity index (χ0v) is 13.2. The van der Waals surface area contributed by atoms with E-state index in [0.717, 1.165) is 12.0 Å². The Morgan fingerprint density at radius 1 is 1.19 bits per heavy atom. The van der Waals surface area contributed by atoms with Crippen LogP contribution < -0.4 is 9.47 Å². The minimum atomic E-state index is -0.681. The molecule has 4 nitrogen and oxygen atoms in total. The van der Waals surface area contributed by atoms with Crippen LogP contribution in [-0.2, 0) is 4.74 Å². The summed E-state index contributed by atoms with van der Waals surface area (Å²) < 4.78 is 16.4. The van der Waals surface area contributed by atoms with Crippen LogP contribution in [0.15, 0.2) is 18.2 Å². The van der Waals surface area contributed by atoms with Gasteiger partial charge in [-0.3, -0.25) is 0 Å². The molecule has 1 aliphatic rings. The molecule has 0 saturated heterocycles. The van der Waals surface area contributed by atoms with Crippen molar-refractivity contribution in [1.82, 2.24) is 0 Å². The topological polar surface area (TPSA) is 47.9 Å². The van der Waals surface area contributed by atoms with Crippen molar-refractivity contribution in [3.63, 3.8) is 0 Å². The van der Waals surface area contributed by atoms with Crippen LogP contribution in [0.2, 0.25) is 0 Å². The first-order valence-corrected chi connectivity index (χ1v) is 7.67. The van der Waals surface area contributed by atoms with Crippen molar-refractivity contribution in [2.24, 2.45) is 5.92 Å². The molecule has 0 aliphatic heterocycles. The third-order valence-electron chi connectivity index (χ3n) is 4.30. The molecule has 3 atom stereocenters. The summed E-state index contributed by atoms with van der Waals surface area (Å²) in [5.41, 5.74) is 0.738. The van der Waals surface area contributed by atoms with Gasteiger partial charge in [-0.15, -0.1) is 0 Å². The van der Waals surface area contributed by atoms with Crippen LogP contribution >= 0.6 is 0 Å². The molecule has 3 unspecified atom stereocenters. The van der Waals surface area contributed by atoms with Crippen molar-refractivity contribution in [1.29, 1.82) is 0 Å². The smallest absolute Gasteiger partial charge is 0.128 e. The van der Waals surface area contributed by atoms with Gasteiger partial charge in [-0.1, -0.05) is 19.8 Å². The van der Waals surface area contributed by atoms with Crippen molar-refractivity contribution in [3.05, 3.63) is 23.8 Å². The summed E-state index contributed by atoms with van der Waals surface area (Å²) in [5.74, 6) is 1.91. The van der Waals surface area contributed by atoms with Crippen LogP contribution in [-0.4, -0.2) is 32.0 Å². The molecule has 1 N–H and O–H groups in total. The molecule has 2 rings (SSSR count). The van der Waals surface area contributed by atoms with Crippen LogP contribution in [0.3, 0.4) is 0 Å². The molecule has 0 aromatic heterocycles. The van der Waals surface area contributed by atoms with Crippen LogP contribution in [0, 0.1) is 5.92 Å². The van der Waals surface area contributed by atoms with E-state index in [4.69, 9.17) is 14.2 Å². The lowest BCUT2D eigenvalue weighted by atomic mass is 9.88. The number of aliphatic hydroxyl groups excluding tert-OH is 1. The zero-order valence-electron chi connectivity index (χ0n) is 13.2. The van der Waals surface area contributed by atoms with E-state index in [0.29, 0.717) is 24.0 Å². The molecule has 1 saturated carbocycles. The zero-order chi connectivity index (χ0) is 15.2. The molecule has 0 spiro atoms. The van der Waals surface area contributed by atoms with Gasteiger partial charge in [0.05, 0.1) is 26.9 Å². The summed E-state index contributed by atoms with van der Waals surface area (Å²) in [4.78, 5) is 0. The fraction of sp³-hybridized carbons (Fsp3) is 0.647. The van der Waals surface area contributed by atoms with Gasteiger partial charge in [0.15, 0.2) is 0 Å². The second kappa shape index (κ2) is 7.66. The first-order valence-electron chi connectivity index (χ1n) is 7.67. The lowest BCUT2D eigenvalue weighted by molar-refractivity contribution is -0.0472. The summed E-state index contributed by atoms with van der Waals surface area (Å²) in [6.45, 7) is 2.53. The second-order valence-electron chi connectivity index (χ2n) is 5.76. The molecule has 1 aliphatic carbocycles. The van der Waals surface area contributed by atoms with Gasteiger partial charge >= 0.3 is 0 Å². The number of methoxy groups -OCH3 is 2. The Morgan fingerprint density at radius 2 is 1.95 bits per heavy atom. The van der Waals surface area contributed by atoms with E-state index >= 15 is 0 Å². The van der Waals surface area contributed by atoms with Gasteiger partial charge in [-0.2, -0.15) is 0 Å². The molecule has 1 aromatic rings. The van der Waals surface area contributed by atoms with Crippen LogP contribution in [0.5, 0.6) is 11.5 Å². The van der Waals surface area contributed by atoms with Gasteiger partial charge < -0.3 is 19.3 Å². The minimum Gasteiger partial charge on any atom is -0.497 e. The average Bonchev–Trinajstić information content (AvgIpc) is 2.53. The summed E-state index contributed by atoms with van der Waals surface area (Å²) in [5, 5.41) is 10.4. The molecule has 1 fully saturated rings. The number of rotatable bonds is 6. The standard InChI is InChI=1S/C17H26O4/c1-12-6-4-5-7-16(12)21-11-15(18)14-9-8-13(19-2)10-17(14)20-3/h8-10,12,15-16,18H,4-7,11H2,1-3H3. The van der Waals surface area contributed by atoms with Crippen molar-refractivity contribution < 1.29 is 19.3 Å². The van der Waals surface area contributed by atoms with Gasteiger partial charge in [0.25, 0.3) is 0 Å². The molecule has 118 valence electrons. The van der Waals surface area contributed by atoms with E-state index in [1.54, 1.807) is 20.3 Å². The van der Waals surface area contributed by atoms with E-state index in [9.17, 15) is 5.11 Å². The maximum absolute atomic E-state index is 10.4. The molecule has 0 bridgehead atoms. The largest absolute Gasteiger partial charge is 0.497 e. The van der Waals surface area contributed by atoms with E-state index in [2.05, 4.69) is 6.92 Å². The van der Waals surface area contributed by atoms with E-state index in [1.165, 1.54) is 19.3 Å². The van der Waals surface area contributed by atoms with Gasteiger partial charge in [0.2, 0.25) is 0 Å². The Balaban J connectivity index is 1.97. The third kappa shape index (κ3) is 4.11. The molecule has 0 heterocycles. The highest BCUT2D eigenvalue weighted by Crippen LogP contribution is 2.31. The molecular formula is C17H26O4. The van der Waals surface area contributed by atoms with Crippen molar-refractivity contribution in [2.75, 3.05) is 20.8 Å². The van der Waals surface area contributed by atoms with Crippen LogP contribution in [0.25, 0.3) is 0 Å². The van der Waals surface area contributed by atoms with Gasteiger partial charge in [0, 0.05) is 11.6 Å². The second-order valence-corrected chi connectivity index (χ2v) is 5.76. The number of hydrogen-bond donors (Lipinski definition) is 1. The van der Waals surface area contributed by atoms with Gasteiger partial charge in [0.1, 0.15) is 17.6 Å². The molecule has 0 radical (unpaired) electrons. The Morgan fingerprint density at radius 3 is 2.62 bits per heavy atom. The van der Waals surface area contributed by atoms with E-state index in [1.807, 2.05) is 12.1 Å². The minimum absolute atomic E-state index is 0.262. The first kappa shape index (κ1) is 16.1. The Bertz CT molecular complexity index is 446. The lowest BCUT2D eigenvalue weighted by Gasteiger charge is -2.29. The normalized spacial score (nSPS) is 23.6. The molecule has 0 amide bonds. The quantitative estimate of drug-likeness (QED) is 0.874. The summed E-state index contributed by atoms with van der Waals surface area (Å²) in [7, 11) is 3.20. The van der Waals surface area contributed by atoms with Gasteiger partial charge in [-0.25, -0.2) is 0 Å². The van der Waals surface area contributed by atoms with Crippen molar-refractivity contribution in [3.8, 4) is 11.5 Å². The van der Waals surface area contributed by atoms with E-state index in [-0.39, 0.29) is 6.10 Å². The molecule has 4 heteroatoms. The maximum Gasteiger partial charge on any atom is 0.128 e. The van der Waals surface area contributed by atoms with E-state index < -0.39 is 6.10 Å². The molecule has 1 aromatic carbocycles. The Labute approximate surface area is 127 Å². The number of benzene rings is 1. The summed E-state index contributed by atoms with van der Waals surface area (Å²) in [6, 6.07) is 5.43. The predicted molar refractivity (Wildman–Crippen MR) is 81.9 cm³/mol. The fourth-order valence-corrected chi connectivity index (χ4v) is 2.93. The van der Waals surface area contributed by atoms with Gasteiger partial charge in [-0.05, 0) is 30.9 Å². The lowest BCUT2D eigenvalue weighted by Crippen LogP contribution is -2.27. The predicted octanol–water partition coefficient (Wildman–Crippen LogP) is 3.33. The van der Waals surface area contributed by atoms with Crippen molar-refractivity contribution in [2.45, 2.75) is 44.8 Å². The molecule has 21 heavy (non-hydrogen) atoms. The summed E-state index contributed by atoms with van der Waals surface area (Å²) >= 11 is 0. The highest BCUT2D eigenvalue weighted by Gasteiger charge is 2.23. The fourth-order valence-electron chi connectivity index (χ4n) is 2.93. The Hall–Kier alpha value is -1.26. The highest BCUT2D eigenvalue weighted by atomic mass is 16.5. The third-order valence-corrected chi connectivity index (χ3v) is 4.30. The van der Waals surface area contributed by atoms with Crippen molar-refractivity contribution >= 4 is 0 Å². The number of ether oxygens (including phenoxy) is 3. The Kier molecular flexibility index (Phi) is 5.88. The van der Waals surface area contributed by atoms with Crippen LogP contribution in [0.4, 0.5) is 0 Å². The molecular weight excluding hydrogens is 268 g/mol. The first-order chi connectivity index (χ1) is 10.2. The monoisotopic (exact) mass is 294 g/mol. The summed E-state index contributed by atoms with van der Waals surface area (Å²) in [6.07, 6.45) is 4.39. The van der Waals surface area contributed by atoms with Crippen LogP contribution in [0.1, 0.15) is 44.3 Å². The average molecular weight is 294 g/mol. The number of aliphatic hydroxyl groups is 1. The SMILES string of the molecule is COc1ccc(C(O)COC2CCCCC2C)c(OC)c1. The highest BCUT2D eigenvalue weighted by molar-refractivity contribution is 5.42. The number of hydrogen-bond acceptors (Lipinski definition) is 4. The maximum atomic E-state index is 10.4.